The van der Waals surface area contributed by atoms with Crippen LogP contribution in [0.15, 0.2) is 23.4 Å². The predicted octanol–water partition coefficient (Wildman–Crippen LogP) is 1.32. The van der Waals surface area contributed by atoms with Crippen LogP contribution in [-0.2, 0) is 25.5 Å². The van der Waals surface area contributed by atoms with Gasteiger partial charge in [0.15, 0.2) is 11.5 Å². The molecule has 1 atom stereocenters. The molecule has 0 fully saturated rings. The Hall–Kier alpha value is -3.43. The zero-order valence-electron chi connectivity index (χ0n) is 17.6. The highest BCUT2D eigenvalue weighted by atomic mass is 16.5. The normalized spacial score (nSPS) is 15.6. The number of hydrogen-bond acceptors (Lipinski definition) is 8. The van der Waals surface area contributed by atoms with Gasteiger partial charge in [0.1, 0.15) is 6.61 Å². The van der Waals surface area contributed by atoms with Gasteiger partial charge in [-0.2, -0.15) is 0 Å². The van der Waals surface area contributed by atoms with Crippen molar-refractivity contribution in [2.24, 2.45) is 0 Å². The van der Waals surface area contributed by atoms with Crippen LogP contribution >= 0.6 is 0 Å². The Bertz CT molecular complexity index is 824. The van der Waals surface area contributed by atoms with Crippen molar-refractivity contribution in [2.45, 2.75) is 26.3 Å². The second kappa shape index (κ2) is 10.4. The second-order valence-electron chi connectivity index (χ2n) is 6.30. The van der Waals surface area contributed by atoms with Gasteiger partial charge in [-0.25, -0.2) is 9.59 Å². The Balaban J connectivity index is 2.15. The molecule has 1 aliphatic rings. The van der Waals surface area contributed by atoms with Gasteiger partial charge in [0.05, 0.1) is 51.7 Å². The van der Waals surface area contributed by atoms with E-state index in [0.717, 1.165) is 0 Å². The van der Waals surface area contributed by atoms with Crippen LogP contribution in [0.5, 0.6) is 17.2 Å². The molecule has 1 heterocycles. The van der Waals surface area contributed by atoms with Gasteiger partial charge in [-0.1, -0.05) is 0 Å². The Morgan fingerprint density at radius 1 is 1.03 bits per heavy atom. The maximum Gasteiger partial charge on any atom is 0.338 e. The minimum absolute atomic E-state index is 0.0829. The number of carbonyl (C=O) groups excluding carboxylic acids is 3. The smallest absolute Gasteiger partial charge is 0.338 e. The number of esters is 2. The average Bonchev–Trinajstić information content (AvgIpc) is 2.71. The summed E-state index contributed by atoms with van der Waals surface area (Å²) in [6.07, 6.45) is -0.0829. The summed E-state index contributed by atoms with van der Waals surface area (Å²) in [6, 6.07) is 2.20. The summed E-state index contributed by atoms with van der Waals surface area (Å²) < 4.78 is 26.1. The van der Waals surface area contributed by atoms with Crippen LogP contribution in [0.1, 0.15) is 19.4 Å². The molecule has 1 unspecified atom stereocenters. The van der Waals surface area contributed by atoms with Crippen molar-refractivity contribution in [3.8, 4) is 17.2 Å². The van der Waals surface area contributed by atoms with Crippen molar-refractivity contribution in [3.05, 3.63) is 29.0 Å². The standard InChI is InChI=1S/C20H26N2O8/c1-6-29-19(24)17-11(2)21-20(25)22-13(17)10-30-16(23)9-12-7-14(26-3)18(28-5)15(8-12)27-4/h7-8,11H,6,9-10H2,1-5H3,(H2,21,22,25). The third-order valence-corrected chi connectivity index (χ3v) is 4.32. The van der Waals surface area contributed by atoms with E-state index in [2.05, 4.69) is 10.6 Å². The number of urea groups is 1. The molecule has 0 bridgehead atoms. The molecule has 0 saturated carbocycles. The molecule has 30 heavy (non-hydrogen) atoms. The Kier molecular flexibility index (Phi) is 7.90. The first-order valence-electron chi connectivity index (χ1n) is 9.26. The fourth-order valence-electron chi connectivity index (χ4n) is 3.00. The zero-order valence-corrected chi connectivity index (χ0v) is 17.6. The first kappa shape index (κ1) is 22.9. The maximum absolute atomic E-state index is 12.4. The van der Waals surface area contributed by atoms with Crippen molar-refractivity contribution in [1.29, 1.82) is 0 Å². The minimum Gasteiger partial charge on any atom is -0.493 e. The molecule has 1 aromatic carbocycles. The van der Waals surface area contributed by atoms with Crippen LogP contribution in [0.3, 0.4) is 0 Å². The molecule has 2 N–H and O–H groups in total. The van der Waals surface area contributed by atoms with Gasteiger partial charge in [-0.3, -0.25) is 4.79 Å². The summed E-state index contributed by atoms with van der Waals surface area (Å²) in [5.74, 6) is 0.0687. The Morgan fingerprint density at radius 3 is 2.20 bits per heavy atom. The van der Waals surface area contributed by atoms with E-state index in [-0.39, 0.29) is 30.9 Å². The topological polar surface area (TPSA) is 121 Å². The fourth-order valence-corrected chi connectivity index (χ4v) is 3.00. The number of methoxy groups -OCH3 is 3. The molecule has 1 aliphatic heterocycles. The number of ether oxygens (including phenoxy) is 5. The SMILES string of the molecule is CCOC(=O)C1=C(COC(=O)Cc2cc(OC)c(OC)c(OC)c2)NC(=O)NC1C. The summed E-state index contributed by atoms with van der Waals surface area (Å²) in [4.78, 5) is 36.3. The molecule has 2 rings (SSSR count). The monoisotopic (exact) mass is 422 g/mol. The number of hydrogen-bond donors (Lipinski definition) is 2. The van der Waals surface area contributed by atoms with Crippen molar-refractivity contribution in [1.82, 2.24) is 10.6 Å². The van der Waals surface area contributed by atoms with Crippen LogP contribution in [0.25, 0.3) is 0 Å². The van der Waals surface area contributed by atoms with E-state index in [1.807, 2.05) is 0 Å². The number of carbonyl (C=O) groups is 3. The molecule has 0 aliphatic carbocycles. The number of amides is 2. The second-order valence-corrected chi connectivity index (χ2v) is 6.30. The number of rotatable bonds is 9. The molecule has 0 spiro atoms. The van der Waals surface area contributed by atoms with Crippen LogP contribution in [-0.4, -0.2) is 58.6 Å². The van der Waals surface area contributed by atoms with E-state index in [9.17, 15) is 14.4 Å². The van der Waals surface area contributed by atoms with E-state index in [4.69, 9.17) is 23.7 Å². The number of nitrogens with one attached hydrogen (secondary N) is 2. The van der Waals surface area contributed by atoms with Gasteiger partial charge >= 0.3 is 18.0 Å². The summed E-state index contributed by atoms with van der Waals surface area (Å²) >= 11 is 0. The number of benzene rings is 1. The van der Waals surface area contributed by atoms with Crippen molar-refractivity contribution < 1.29 is 38.1 Å². The zero-order chi connectivity index (χ0) is 22.3. The molecule has 0 saturated heterocycles. The van der Waals surface area contributed by atoms with Gasteiger partial charge in [-0.05, 0) is 31.5 Å². The van der Waals surface area contributed by atoms with E-state index >= 15 is 0 Å². The lowest BCUT2D eigenvalue weighted by Crippen LogP contribution is -2.50. The van der Waals surface area contributed by atoms with Crippen LogP contribution < -0.4 is 24.8 Å². The molecule has 0 aromatic heterocycles. The van der Waals surface area contributed by atoms with E-state index in [0.29, 0.717) is 22.8 Å². The first-order chi connectivity index (χ1) is 14.3. The molecular formula is C20H26N2O8. The molecule has 10 heteroatoms. The van der Waals surface area contributed by atoms with Gasteiger partial charge < -0.3 is 34.3 Å². The van der Waals surface area contributed by atoms with Gasteiger partial charge in [0.25, 0.3) is 0 Å². The fraction of sp³-hybridized carbons (Fsp3) is 0.450. The average molecular weight is 422 g/mol. The lowest BCUT2D eigenvalue weighted by atomic mass is 10.0. The van der Waals surface area contributed by atoms with E-state index < -0.39 is 24.0 Å². The lowest BCUT2D eigenvalue weighted by Gasteiger charge is -2.26. The molecule has 1 aromatic rings. The Morgan fingerprint density at radius 2 is 1.67 bits per heavy atom. The summed E-state index contributed by atoms with van der Waals surface area (Å²) in [6.45, 7) is 3.21. The largest absolute Gasteiger partial charge is 0.493 e. The Labute approximate surface area is 174 Å². The highest BCUT2D eigenvalue weighted by molar-refractivity contribution is 5.94. The first-order valence-corrected chi connectivity index (χ1v) is 9.26. The molecule has 10 nitrogen and oxygen atoms in total. The maximum atomic E-state index is 12.4. The molecule has 2 amide bonds. The lowest BCUT2D eigenvalue weighted by molar-refractivity contribution is -0.143. The van der Waals surface area contributed by atoms with Gasteiger partial charge in [0, 0.05) is 0 Å². The van der Waals surface area contributed by atoms with Crippen molar-refractivity contribution in [3.63, 3.8) is 0 Å². The molecule has 164 valence electrons. The van der Waals surface area contributed by atoms with Gasteiger partial charge in [0.2, 0.25) is 5.75 Å². The summed E-state index contributed by atoms with van der Waals surface area (Å²) in [5.41, 5.74) is 0.969. The summed E-state index contributed by atoms with van der Waals surface area (Å²) in [5, 5.41) is 5.08. The quantitative estimate of drug-likeness (QED) is 0.572. The van der Waals surface area contributed by atoms with Crippen molar-refractivity contribution in [2.75, 3.05) is 34.5 Å². The third kappa shape index (κ3) is 5.34. The third-order valence-electron chi connectivity index (χ3n) is 4.32. The van der Waals surface area contributed by atoms with Crippen LogP contribution in [0.4, 0.5) is 4.79 Å². The van der Waals surface area contributed by atoms with Crippen LogP contribution in [0, 0.1) is 0 Å². The van der Waals surface area contributed by atoms with Crippen LogP contribution in [0.2, 0.25) is 0 Å². The minimum atomic E-state index is -0.590. The van der Waals surface area contributed by atoms with Crippen molar-refractivity contribution >= 4 is 18.0 Å². The molecular weight excluding hydrogens is 396 g/mol. The molecule has 0 radical (unpaired) electrons. The predicted molar refractivity (Wildman–Crippen MR) is 106 cm³/mol. The summed E-state index contributed by atoms with van der Waals surface area (Å²) in [7, 11) is 4.44. The van der Waals surface area contributed by atoms with E-state index in [1.54, 1.807) is 26.0 Å². The van der Waals surface area contributed by atoms with Gasteiger partial charge in [-0.15, -0.1) is 0 Å². The van der Waals surface area contributed by atoms with E-state index in [1.165, 1.54) is 21.3 Å². The highest BCUT2D eigenvalue weighted by Gasteiger charge is 2.30. The highest BCUT2D eigenvalue weighted by Crippen LogP contribution is 2.38.